The predicted octanol–water partition coefficient (Wildman–Crippen LogP) is 2.23. The third-order valence-electron chi connectivity index (χ3n) is 4.52. The summed E-state index contributed by atoms with van der Waals surface area (Å²) in [4.78, 5) is 2.52. The highest BCUT2D eigenvalue weighted by molar-refractivity contribution is 6.42. The van der Waals surface area contributed by atoms with Gasteiger partial charge in [-0.05, 0) is 43.5 Å². The number of hydrazine groups is 1. The normalized spacial score (nSPS) is 27.6. The molecule has 1 aromatic carbocycles. The van der Waals surface area contributed by atoms with Crippen molar-refractivity contribution in [2.45, 2.75) is 37.5 Å². The highest BCUT2D eigenvalue weighted by atomic mass is 35.5. The van der Waals surface area contributed by atoms with Gasteiger partial charge in [0.05, 0.1) is 28.8 Å². The van der Waals surface area contributed by atoms with Gasteiger partial charge >= 0.3 is 0 Å². The highest BCUT2D eigenvalue weighted by Crippen LogP contribution is 2.26. The van der Waals surface area contributed by atoms with Crippen molar-refractivity contribution >= 4 is 23.2 Å². The van der Waals surface area contributed by atoms with E-state index in [-0.39, 0.29) is 12.1 Å². The molecule has 0 radical (unpaired) electrons. The van der Waals surface area contributed by atoms with Crippen LogP contribution in [0.2, 0.25) is 10.0 Å². The molecule has 2 saturated heterocycles. The van der Waals surface area contributed by atoms with Gasteiger partial charge in [-0.1, -0.05) is 29.3 Å². The first-order valence-electron chi connectivity index (χ1n) is 7.43. The molecule has 0 aliphatic carbocycles. The van der Waals surface area contributed by atoms with Crippen LogP contribution in [0.15, 0.2) is 18.2 Å². The molecule has 0 bridgehead atoms. The number of nitrogens with zero attached hydrogens (tertiary/aromatic N) is 1. The smallest absolute Gasteiger partial charge is 0.0872 e. The Hall–Kier alpha value is -0.360. The first-order chi connectivity index (χ1) is 10.2. The summed E-state index contributed by atoms with van der Waals surface area (Å²) in [6.45, 7) is 2.93. The lowest BCUT2D eigenvalue weighted by atomic mass is 10.00. The lowest BCUT2D eigenvalue weighted by molar-refractivity contribution is -0.0644. The van der Waals surface area contributed by atoms with Gasteiger partial charge in [0, 0.05) is 12.6 Å². The summed E-state index contributed by atoms with van der Waals surface area (Å²) in [6, 6.07) is 6.38. The number of nitrogens with two attached hydrogens (primary N) is 1. The molecular weight excluding hydrogens is 309 g/mol. The molecule has 0 aromatic heterocycles. The van der Waals surface area contributed by atoms with Crippen LogP contribution < -0.4 is 11.3 Å². The van der Waals surface area contributed by atoms with Crippen LogP contribution in [0, 0.1) is 0 Å². The van der Waals surface area contributed by atoms with Gasteiger partial charge in [-0.3, -0.25) is 16.2 Å². The van der Waals surface area contributed by atoms with Crippen molar-refractivity contribution in [2.24, 2.45) is 5.84 Å². The van der Waals surface area contributed by atoms with Gasteiger partial charge in [0.2, 0.25) is 0 Å². The van der Waals surface area contributed by atoms with Crippen molar-refractivity contribution in [2.75, 3.05) is 19.7 Å². The van der Waals surface area contributed by atoms with Crippen molar-refractivity contribution in [3.8, 4) is 0 Å². The molecular formula is C15H21Cl2N3O. The van der Waals surface area contributed by atoms with Crippen LogP contribution in [0.25, 0.3) is 0 Å². The van der Waals surface area contributed by atoms with Gasteiger partial charge < -0.3 is 4.74 Å². The van der Waals surface area contributed by atoms with E-state index in [9.17, 15) is 0 Å². The number of benzene rings is 1. The maximum absolute atomic E-state index is 6.08. The quantitative estimate of drug-likeness (QED) is 0.657. The lowest BCUT2D eigenvalue weighted by Gasteiger charge is -2.38. The highest BCUT2D eigenvalue weighted by Gasteiger charge is 2.35. The van der Waals surface area contributed by atoms with Gasteiger partial charge in [-0.25, -0.2) is 0 Å². The van der Waals surface area contributed by atoms with E-state index in [1.54, 1.807) is 0 Å². The minimum Gasteiger partial charge on any atom is -0.374 e. The van der Waals surface area contributed by atoms with E-state index in [1.807, 2.05) is 18.2 Å². The monoisotopic (exact) mass is 329 g/mol. The first kappa shape index (κ1) is 15.5. The zero-order chi connectivity index (χ0) is 14.8. The zero-order valence-corrected chi connectivity index (χ0v) is 13.4. The fraction of sp³-hybridized carbons (Fsp3) is 0.600. The van der Waals surface area contributed by atoms with E-state index in [0.717, 1.165) is 25.1 Å². The average Bonchev–Trinajstić information content (AvgIpc) is 2.95. The Morgan fingerprint density at radius 3 is 3.00 bits per heavy atom. The number of morpholine rings is 1. The molecule has 21 heavy (non-hydrogen) atoms. The molecule has 2 aliphatic rings. The Morgan fingerprint density at radius 1 is 1.38 bits per heavy atom. The van der Waals surface area contributed by atoms with Crippen LogP contribution in [0.5, 0.6) is 0 Å². The van der Waals surface area contributed by atoms with Gasteiger partial charge in [-0.15, -0.1) is 0 Å². The average molecular weight is 330 g/mol. The molecule has 3 unspecified atom stereocenters. The predicted molar refractivity (Wildman–Crippen MR) is 85.6 cm³/mol. The molecule has 3 rings (SSSR count). The maximum atomic E-state index is 6.08. The van der Waals surface area contributed by atoms with Crippen molar-refractivity contribution in [1.82, 2.24) is 10.3 Å². The van der Waals surface area contributed by atoms with Gasteiger partial charge in [-0.2, -0.15) is 0 Å². The summed E-state index contributed by atoms with van der Waals surface area (Å²) >= 11 is 12.0. The molecule has 1 aromatic rings. The number of rotatable bonds is 4. The Morgan fingerprint density at radius 2 is 2.24 bits per heavy atom. The Balaban J connectivity index is 1.65. The van der Waals surface area contributed by atoms with E-state index < -0.39 is 0 Å². The van der Waals surface area contributed by atoms with E-state index in [1.165, 1.54) is 19.4 Å². The third-order valence-corrected chi connectivity index (χ3v) is 5.26. The van der Waals surface area contributed by atoms with E-state index in [4.69, 9.17) is 33.8 Å². The summed E-state index contributed by atoms with van der Waals surface area (Å²) in [6.07, 6.45) is 3.41. The summed E-state index contributed by atoms with van der Waals surface area (Å²) in [5.74, 6) is 5.75. The molecule has 3 atom stereocenters. The molecule has 0 saturated carbocycles. The fourth-order valence-corrected chi connectivity index (χ4v) is 3.63. The van der Waals surface area contributed by atoms with Crippen LogP contribution in [-0.2, 0) is 11.2 Å². The van der Waals surface area contributed by atoms with Gasteiger partial charge in [0.15, 0.2) is 0 Å². The number of fused-ring (bicyclic) bond motifs is 1. The SMILES string of the molecule is NNC(Cc1ccc(Cl)c(Cl)c1)C1CN2CCCC2CO1. The van der Waals surface area contributed by atoms with Crippen molar-refractivity contribution < 1.29 is 4.74 Å². The van der Waals surface area contributed by atoms with Crippen LogP contribution >= 0.6 is 23.2 Å². The van der Waals surface area contributed by atoms with Crippen LogP contribution in [0.1, 0.15) is 18.4 Å². The Bertz CT molecular complexity index is 500. The van der Waals surface area contributed by atoms with Crippen LogP contribution in [-0.4, -0.2) is 42.8 Å². The second-order valence-corrected chi connectivity index (χ2v) is 6.70. The molecule has 0 amide bonds. The van der Waals surface area contributed by atoms with E-state index >= 15 is 0 Å². The molecule has 116 valence electrons. The van der Waals surface area contributed by atoms with Gasteiger partial charge in [0.1, 0.15) is 0 Å². The Kier molecular flexibility index (Phi) is 5.04. The summed E-state index contributed by atoms with van der Waals surface area (Å²) in [5.41, 5.74) is 4.02. The molecule has 3 N–H and O–H groups in total. The molecule has 6 heteroatoms. The number of ether oxygens (including phenoxy) is 1. The molecule has 2 heterocycles. The molecule has 4 nitrogen and oxygen atoms in total. The first-order valence-corrected chi connectivity index (χ1v) is 8.18. The van der Waals surface area contributed by atoms with Gasteiger partial charge in [0.25, 0.3) is 0 Å². The standard InChI is InChI=1S/C15H21Cl2N3O/c16-12-4-3-10(6-13(12)17)7-14(19-18)15-8-20-5-1-2-11(20)9-21-15/h3-4,6,11,14-15,19H,1-2,5,7-9,18H2. The minimum absolute atomic E-state index is 0.0730. The summed E-state index contributed by atoms with van der Waals surface area (Å²) in [7, 11) is 0. The largest absolute Gasteiger partial charge is 0.374 e. The Labute approximate surface area is 135 Å². The van der Waals surface area contributed by atoms with Crippen molar-refractivity contribution in [1.29, 1.82) is 0 Å². The second-order valence-electron chi connectivity index (χ2n) is 5.89. The van der Waals surface area contributed by atoms with E-state index in [2.05, 4.69) is 10.3 Å². The third kappa shape index (κ3) is 3.52. The zero-order valence-electron chi connectivity index (χ0n) is 11.9. The number of hydrogen-bond donors (Lipinski definition) is 2. The summed E-state index contributed by atoms with van der Waals surface area (Å²) in [5, 5.41) is 1.15. The number of halogens is 2. The number of nitrogens with one attached hydrogen (secondary N) is 1. The van der Waals surface area contributed by atoms with Crippen molar-refractivity contribution in [3.05, 3.63) is 33.8 Å². The molecule has 0 spiro atoms. The lowest BCUT2D eigenvalue weighted by Crippen LogP contribution is -2.56. The van der Waals surface area contributed by atoms with Crippen molar-refractivity contribution in [3.63, 3.8) is 0 Å². The van der Waals surface area contributed by atoms with Crippen LogP contribution in [0.3, 0.4) is 0 Å². The number of hydrogen-bond acceptors (Lipinski definition) is 4. The maximum Gasteiger partial charge on any atom is 0.0872 e. The topological polar surface area (TPSA) is 50.5 Å². The minimum atomic E-state index is 0.0730. The van der Waals surface area contributed by atoms with Crippen LogP contribution in [0.4, 0.5) is 0 Å². The summed E-state index contributed by atoms with van der Waals surface area (Å²) < 4.78 is 6.03. The molecule has 2 fully saturated rings. The van der Waals surface area contributed by atoms with E-state index in [0.29, 0.717) is 16.1 Å². The molecule has 2 aliphatic heterocycles. The fourth-order valence-electron chi connectivity index (χ4n) is 3.30. The second kappa shape index (κ2) is 6.82.